The van der Waals surface area contributed by atoms with Crippen molar-refractivity contribution in [2.45, 2.75) is 6.92 Å². The minimum Gasteiger partial charge on any atom is -0.236 e. The molecule has 100 valence electrons. The van der Waals surface area contributed by atoms with Crippen molar-refractivity contribution in [3.05, 3.63) is 62.4 Å². The lowest BCUT2D eigenvalue weighted by molar-refractivity contribution is 1.37. The Morgan fingerprint density at radius 1 is 0.900 bits per heavy atom. The van der Waals surface area contributed by atoms with Crippen LogP contribution in [0.25, 0.3) is 21.8 Å². The van der Waals surface area contributed by atoms with Crippen molar-refractivity contribution in [1.29, 1.82) is 0 Å². The van der Waals surface area contributed by atoms with E-state index in [1.54, 1.807) is 11.3 Å². The molecule has 0 aliphatic carbocycles. The Balaban J connectivity index is 2.05. The van der Waals surface area contributed by atoms with Gasteiger partial charge >= 0.3 is 0 Å². The molecule has 0 aliphatic rings. The molecule has 1 aromatic heterocycles. The molecule has 4 heteroatoms. The predicted molar refractivity (Wildman–Crippen MR) is 93.1 cm³/mol. The Kier molecular flexibility index (Phi) is 4.06. The molecule has 0 fully saturated rings. The first kappa shape index (κ1) is 14.0. The van der Waals surface area contributed by atoms with Crippen molar-refractivity contribution in [3.8, 4) is 21.8 Å². The topological polar surface area (TPSA) is 12.9 Å². The van der Waals surface area contributed by atoms with E-state index in [0.717, 1.165) is 30.8 Å². The van der Waals surface area contributed by atoms with Crippen molar-refractivity contribution in [2.24, 2.45) is 0 Å². The predicted octanol–water partition coefficient (Wildman–Crippen LogP) is 6.31. The maximum absolute atomic E-state index is 4.80. The molecule has 0 unspecified atom stereocenters. The van der Waals surface area contributed by atoms with Gasteiger partial charge in [-0.3, -0.25) is 0 Å². The first-order valence-electron chi connectivity index (χ1n) is 6.13. The number of thiazole rings is 1. The fraction of sp³-hybridized carbons (Fsp3) is 0.0625. The van der Waals surface area contributed by atoms with Gasteiger partial charge in [-0.05, 0) is 31.2 Å². The van der Waals surface area contributed by atoms with Gasteiger partial charge < -0.3 is 0 Å². The highest BCUT2D eigenvalue weighted by molar-refractivity contribution is 9.10. The summed E-state index contributed by atoms with van der Waals surface area (Å²) in [6.45, 7) is 2.12. The molecule has 0 saturated heterocycles. The van der Waals surface area contributed by atoms with E-state index < -0.39 is 0 Å². The Labute approximate surface area is 139 Å². The minimum absolute atomic E-state index is 1.06. The van der Waals surface area contributed by atoms with Gasteiger partial charge in [0.1, 0.15) is 5.01 Å². The molecule has 0 atom stereocenters. The molecule has 0 saturated carbocycles. The Bertz CT molecular complexity index is 747. The molecular formula is C16H11Br2NS. The fourth-order valence-electron chi connectivity index (χ4n) is 2.02. The molecule has 0 radical (unpaired) electrons. The highest BCUT2D eigenvalue weighted by Crippen LogP contribution is 2.34. The molecule has 0 N–H and O–H groups in total. The van der Waals surface area contributed by atoms with Gasteiger partial charge in [0.15, 0.2) is 0 Å². The van der Waals surface area contributed by atoms with Crippen LogP contribution in [0, 0.1) is 6.92 Å². The first-order valence-corrected chi connectivity index (χ1v) is 8.53. The summed E-state index contributed by atoms with van der Waals surface area (Å²) >= 11 is 8.70. The van der Waals surface area contributed by atoms with Gasteiger partial charge in [0.25, 0.3) is 0 Å². The van der Waals surface area contributed by atoms with E-state index in [9.17, 15) is 0 Å². The van der Waals surface area contributed by atoms with Crippen molar-refractivity contribution in [2.75, 3.05) is 0 Å². The molecular weight excluding hydrogens is 398 g/mol. The quantitative estimate of drug-likeness (QED) is 0.484. The summed E-state index contributed by atoms with van der Waals surface area (Å²) < 4.78 is 2.16. The van der Waals surface area contributed by atoms with Gasteiger partial charge in [-0.25, -0.2) is 4.98 Å². The molecule has 1 nitrogen and oxygen atoms in total. The van der Waals surface area contributed by atoms with Crippen LogP contribution >= 0.6 is 43.2 Å². The SMILES string of the molecule is Cc1sc(-c2cccc(Br)c2)nc1-c1ccc(Br)cc1. The monoisotopic (exact) mass is 407 g/mol. The summed E-state index contributed by atoms with van der Waals surface area (Å²) in [7, 11) is 0. The van der Waals surface area contributed by atoms with Gasteiger partial charge in [-0.1, -0.05) is 56.1 Å². The molecule has 20 heavy (non-hydrogen) atoms. The van der Waals surface area contributed by atoms with Crippen LogP contribution in [0.15, 0.2) is 57.5 Å². The first-order chi connectivity index (χ1) is 9.63. The van der Waals surface area contributed by atoms with Crippen LogP contribution in [0.5, 0.6) is 0 Å². The second-order valence-electron chi connectivity index (χ2n) is 4.44. The Hall–Kier alpha value is -0.970. The minimum atomic E-state index is 1.06. The highest BCUT2D eigenvalue weighted by atomic mass is 79.9. The van der Waals surface area contributed by atoms with Crippen LogP contribution in [-0.4, -0.2) is 4.98 Å². The summed E-state index contributed by atoms with van der Waals surface area (Å²) in [4.78, 5) is 6.04. The summed E-state index contributed by atoms with van der Waals surface area (Å²) in [6.07, 6.45) is 0. The van der Waals surface area contributed by atoms with Crippen molar-refractivity contribution < 1.29 is 0 Å². The second-order valence-corrected chi connectivity index (χ2v) is 7.48. The molecule has 0 amide bonds. The van der Waals surface area contributed by atoms with E-state index in [0.29, 0.717) is 0 Å². The van der Waals surface area contributed by atoms with Crippen molar-refractivity contribution >= 4 is 43.2 Å². The van der Waals surface area contributed by atoms with Crippen LogP contribution in [0.2, 0.25) is 0 Å². The third-order valence-electron chi connectivity index (χ3n) is 2.99. The zero-order valence-corrected chi connectivity index (χ0v) is 14.7. The van der Waals surface area contributed by atoms with Gasteiger partial charge in [0.2, 0.25) is 0 Å². The standard InChI is InChI=1S/C16H11Br2NS/c1-10-15(11-5-7-13(17)8-6-11)19-16(20-10)12-3-2-4-14(18)9-12/h2-9H,1H3. The van der Waals surface area contributed by atoms with Gasteiger partial charge in [0, 0.05) is 24.9 Å². The number of aryl methyl sites for hydroxylation is 1. The number of aromatic nitrogens is 1. The van der Waals surface area contributed by atoms with Gasteiger partial charge in [-0.15, -0.1) is 11.3 Å². The van der Waals surface area contributed by atoms with E-state index in [4.69, 9.17) is 4.98 Å². The van der Waals surface area contributed by atoms with E-state index in [1.807, 2.05) is 24.3 Å². The van der Waals surface area contributed by atoms with E-state index in [1.165, 1.54) is 4.88 Å². The van der Waals surface area contributed by atoms with Crippen LogP contribution in [0.3, 0.4) is 0 Å². The molecule has 0 spiro atoms. The molecule has 2 aromatic carbocycles. The third kappa shape index (κ3) is 2.87. The normalized spacial score (nSPS) is 10.8. The Morgan fingerprint density at radius 3 is 2.35 bits per heavy atom. The van der Waals surface area contributed by atoms with Crippen molar-refractivity contribution in [3.63, 3.8) is 0 Å². The van der Waals surface area contributed by atoms with E-state index in [2.05, 4.69) is 63.0 Å². The number of nitrogens with zero attached hydrogens (tertiary/aromatic N) is 1. The summed E-state index contributed by atoms with van der Waals surface area (Å²) in [5.74, 6) is 0. The maximum atomic E-state index is 4.80. The third-order valence-corrected chi connectivity index (χ3v) is 5.03. The average Bonchev–Trinajstić information content (AvgIpc) is 2.82. The lowest BCUT2D eigenvalue weighted by atomic mass is 10.1. The molecule has 3 aromatic rings. The zero-order valence-electron chi connectivity index (χ0n) is 10.7. The molecule has 0 aliphatic heterocycles. The number of hydrogen-bond donors (Lipinski definition) is 0. The molecule has 1 heterocycles. The van der Waals surface area contributed by atoms with E-state index in [-0.39, 0.29) is 0 Å². The maximum Gasteiger partial charge on any atom is 0.124 e. The lowest BCUT2D eigenvalue weighted by Gasteiger charge is -1.99. The summed E-state index contributed by atoms with van der Waals surface area (Å²) in [5, 5.41) is 1.06. The number of rotatable bonds is 2. The van der Waals surface area contributed by atoms with Crippen LogP contribution in [0.4, 0.5) is 0 Å². The van der Waals surface area contributed by atoms with Crippen molar-refractivity contribution in [1.82, 2.24) is 4.98 Å². The van der Waals surface area contributed by atoms with Crippen LogP contribution < -0.4 is 0 Å². The van der Waals surface area contributed by atoms with Crippen LogP contribution in [0.1, 0.15) is 4.88 Å². The Morgan fingerprint density at radius 2 is 1.65 bits per heavy atom. The summed E-state index contributed by atoms with van der Waals surface area (Å²) in [5.41, 5.74) is 3.37. The zero-order chi connectivity index (χ0) is 14.1. The van der Waals surface area contributed by atoms with Gasteiger partial charge in [0.05, 0.1) is 5.69 Å². The largest absolute Gasteiger partial charge is 0.236 e. The number of benzene rings is 2. The fourth-order valence-corrected chi connectivity index (χ4v) is 3.61. The van der Waals surface area contributed by atoms with Gasteiger partial charge in [-0.2, -0.15) is 0 Å². The average molecular weight is 409 g/mol. The summed E-state index contributed by atoms with van der Waals surface area (Å²) in [6, 6.07) is 16.5. The second kappa shape index (κ2) is 5.80. The molecule has 0 bridgehead atoms. The lowest BCUT2D eigenvalue weighted by Crippen LogP contribution is -1.81. The van der Waals surface area contributed by atoms with Crippen LogP contribution in [-0.2, 0) is 0 Å². The molecule has 3 rings (SSSR count). The highest BCUT2D eigenvalue weighted by Gasteiger charge is 2.11. The van der Waals surface area contributed by atoms with E-state index >= 15 is 0 Å². The number of hydrogen-bond acceptors (Lipinski definition) is 2. The smallest absolute Gasteiger partial charge is 0.124 e. The number of halogens is 2.